The fourth-order valence-corrected chi connectivity index (χ4v) is 2.95. The molecule has 2 rings (SSSR count). The summed E-state index contributed by atoms with van der Waals surface area (Å²) in [5.41, 5.74) is 5.44. The van der Waals surface area contributed by atoms with Crippen molar-refractivity contribution in [3.63, 3.8) is 0 Å². The molecule has 2 fully saturated rings. The summed E-state index contributed by atoms with van der Waals surface area (Å²) in [5, 5.41) is 11.4. The Kier molecular flexibility index (Phi) is 4.62. The molecular formula is C12H23N3O2. The van der Waals surface area contributed by atoms with E-state index < -0.39 is 0 Å². The molecule has 98 valence electrons. The SMILES string of the molecule is NC(CCCCN1CCOC2CCCC21)=NO. The van der Waals surface area contributed by atoms with Gasteiger partial charge in [0.2, 0.25) is 0 Å². The van der Waals surface area contributed by atoms with E-state index in [1.54, 1.807) is 0 Å². The summed E-state index contributed by atoms with van der Waals surface area (Å²) in [4.78, 5) is 2.56. The van der Waals surface area contributed by atoms with Gasteiger partial charge in [0.25, 0.3) is 0 Å². The number of hydrogen-bond acceptors (Lipinski definition) is 4. The van der Waals surface area contributed by atoms with E-state index in [0.29, 0.717) is 24.4 Å². The zero-order valence-corrected chi connectivity index (χ0v) is 10.3. The normalized spacial score (nSPS) is 30.5. The van der Waals surface area contributed by atoms with Crippen LogP contribution >= 0.6 is 0 Å². The number of rotatable bonds is 5. The van der Waals surface area contributed by atoms with E-state index in [2.05, 4.69) is 10.1 Å². The molecule has 1 heterocycles. The fourth-order valence-electron chi connectivity index (χ4n) is 2.95. The molecule has 0 aromatic heterocycles. The number of nitrogens with zero attached hydrogens (tertiary/aromatic N) is 2. The summed E-state index contributed by atoms with van der Waals surface area (Å²) in [6.07, 6.45) is 7.08. The highest BCUT2D eigenvalue weighted by atomic mass is 16.5. The third-order valence-electron chi connectivity index (χ3n) is 3.85. The first-order chi connectivity index (χ1) is 8.31. The van der Waals surface area contributed by atoms with Crippen LogP contribution in [0.2, 0.25) is 0 Å². The van der Waals surface area contributed by atoms with Gasteiger partial charge in [-0.15, -0.1) is 0 Å². The predicted molar refractivity (Wildman–Crippen MR) is 66.2 cm³/mol. The molecular weight excluding hydrogens is 218 g/mol. The van der Waals surface area contributed by atoms with E-state index >= 15 is 0 Å². The van der Waals surface area contributed by atoms with Crippen LogP contribution in [0.5, 0.6) is 0 Å². The Morgan fingerprint density at radius 2 is 2.29 bits per heavy atom. The molecule has 5 nitrogen and oxygen atoms in total. The third-order valence-corrected chi connectivity index (χ3v) is 3.85. The summed E-state index contributed by atoms with van der Waals surface area (Å²) in [6.45, 7) is 3.05. The van der Waals surface area contributed by atoms with Crippen molar-refractivity contribution >= 4 is 5.84 Å². The highest BCUT2D eigenvalue weighted by Crippen LogP contribution is 2.29. The minimum Gasteiger partial charge on any atom is -0.409 e. The quantitative estimate of drug-likeness (QED) is 0.249. The van der Waals surface area contributed by atoms with Gasteiger partial charge in [-0.25, -0.2) is 0 Å². The second-order valence-corrected chi connectivity index (χ2v) is 4.99. The Morgan fingerprint density at radius 3 is 3.12 bits per heavy atom. The van der Waals surface area contributed by atoms with Crippen molar-refractivity contribution < 1.29 is 9.94 Å². The lowest BCUT2D eigenvalue weighted by Crippen LogP contribution is -2.48. The minimum absolute atomic E-state index is 0.339. The first-order valence-corrected chi connectivity index (χ1v) is 6.63. The van der Waals surface area contributed by atoms with Crippen LogP contribution in [0.4, 0.5) is 0 Å². The summed E-state index contributed by atoms with van der Waals surface area (Å²) < 4.78 is 5.78. The van der Waals surface area contributed by atoms with Gasteiger partial charge in [-0.3, -0.25) is 4.90 Å². The molecule has 0 spiro atoms. The largest absolute Gasteiger partial charge is 0.409 e. The highest BCUT2D eigenvalue weighted by Gasteiger charge is 2.35. The maximum Gasteiger partial charge on any atom is 0.139 e. The van der Waals surface area contributed by atoms with Crippen molar-refractivity contribution in [2.24, 2.45) is 10.9 Å². The van der Waals surface area contributed by atoms with Gasteiger partial charge >= 0.3 is 0 Å². The second kappa shape index (κ2) is 6.21. The number of fused-ring (bicyclic) bond motifs is 1. The van der Waals surface area contributed by atoms with Crippen molar-refractivity contribution in [1.82, 2.24) is 4.90 Å². The van der Waals surface area contributed by atoms with Gasteiger partial charge in [0, 0.05) is 19.0 Å². The molecule has 3 N–H and O–H groups in total. The monoisotopic (exact) mass is 241 g/mol. The van der Waals surface area contributed by atoms with Gasteiger partial charge in [-0.2, -0.15) is 0 Å². The number of nitrogens with two attached hydrogens (primary N) is 1. The number of hydrogen-bond donors (Lipinski definition) is 2. The molecule has 0 bridgehead atoms. The topological polar surface area (TPSA) is 71.1 Å². The van der Waals surface area contributed by atoms with Gasteiger partial charge in [-0.1, -0.05) is 5.16 Å². The first-order valence-electron chi connectivity index (χ1n) is 6.63. The molecule has 0 aromatic rings. The van der Waals surface area contributed by atoms with E-state index in [1.165, 1.54) is 19.3 Å². The van der Waals surface area contributed by atoms with Gasteiger partial charge < -0.3 is 15.7 Å². The van der Waals surface area contributed by atoms with Crippen LogP contribution in [0.25, 0.3) is 0 Å². The van der Waals surface area contributed by atoms with Gasteiger partial charge in [0.1, 0.15) is 5.84 Å². The molecule has 0 aromatic carbocycles. The lowest BCUT2D eigenvalue weighted by molar-refractivity contribution is -0.0557. The summed E-state index contributed by atoms with van der Waals surface area (Å²) in [7, 11) is 0. The van der Waals surface area contributed by atoms with Crippen LogP contribution in [0.15, 0.2) is 5.16 Å². The van der Waals surface area contributed by atoms with Crippen molar-refractivity contribution in [1.29, 1.82) is 0 Å². The maximum absolute atomic E-state index is 8.44. The standard InChI is InChI=1S/C12H23N3O2/c13-12(14-16)6-1-2-7-15-8-9-17-11-5-3-4-10(11)15/h10-11,16H,1-9H2,(H2,13,14). The Morgan fingerprint density at radius 1 is 1.41 bits per heavy atom. The highest BCUT2D eigenvalue weighted by molar-refractivity contribution is 5.79. The first kappa shape index (κ1) is 12.6. The molecule has 1 aliphatic carbocycles. The average molecular weight is 241 g/mol. The van der Waals surface area contributed by atoms with Crippen molar-refractivity contribution in [3.05, 3.63) is 0 Å². The van der Waals surface area contributed by atoms with Gasteiger partial charge in [-0.05, 0) is 38.6 Å². The zero-order chi connectivity index (χ0) is 12.1. The summed E-state index contributed by atoms with van der Waals surface area (Å²) in [6, 6.07) is 0.646. The van der Waals surface area contributed by atoms with E-state index in [4.69, 9.17) is 15.7 Å². The number of morpholine rings is 1. The number of amidine groups is 1. The molecule has 0 radical (unpaired) electrons. The Balaban J connectivity index is 1.68. The number of unbranched alkanes of at least 4 members (excludes halogenated alkanes) is 1. The average Bonchev–Trinajstić information content (AvgIpc) is 2.83. The smallest absolute Gasteiger partial charge is 0.139 e. The summed E-state index contributed by atoms with van der Waals surface area (Å²) >= 11 is 0. The zero-order valence-electron chi connectivity index (χ0n) is 10.3. The third kappa shape index (κ3) is 3.33. The molecule has 0 amide bonds. The van der Waals surface area contributed by atoms with Crippen molar-refractivity contribution in [2.75, 3.05) is 19.7 Å². The van der Waals surface area contributed by atoms with E-state index in [1.807, 2.05) is 0 Å². The van der Waals surface area contributed by atoms with Gasteiger partial charge in [0.15, 0.2) is 0 Å². The molecule has 1 saturated carbocycles. The van der Waals surface area contributed by atoms with Crippen LogP contribution in [0.3, 0.4) is 0 Å². The Bertz CT molecular complexity index is 270. The molecule has 1 saturated heterocycles. The maximum atomic E-state index is 8.44. The van der Waals surface area contributed by atoms with Crippen molar-refractivity contribution in [3.8, 4) is 0 Å². The number of oxime groups is 1. The van der Waals surface area contributed by atoms with Crippen LogP contribution in [0, 0.1) is 0 Å². The van der Waals surface area contributed by atoms with E-state index in [-0.39, 0.29) is 0 Å². The minimum atomic E-state index is 0.339. The molecule has 17 heavy (non-hydrogen) atoms. The van der Waals surface area contributed by atoms with Crippen LogP contribution in [0.1, 0.15) is 38.5 Å². The number of ether oxygens (including phenoxy) is 1. The lowest BCUT2D eigenvalue weighted by Gasteiger charge is -2.37. The van der Waals surface area contributed by atoms with Crippen LogP contribution in [-0.2, 0) is 4.74 Å². The van der Waals surface area contributed by atoms with E-state index in [0.717, 1.165) is 32.5 Å². The van der Waals surface area contributed by atoms with Crippen LogP contribution in [-0.4, -0.2) is 47.8 Å². The Hall–Kier alpha value is -0.810. The molecule has 2 unspecified atom stereocenters. The van der Waals surface area contributed by atoms with E-state index in [9.17, 15) is 0 Å². The molecule has 2 aliphatic rings. The second-order valence-electron chi connectivity index (χ2n) is 4.99. The molecule has 5 heteroatoms. The van der Waals surface area contributed by atoms with Crippen molar-refractivity contribution in [2.45, 2.75) is 50.7 Å². The molecule has 2 atom stereocenters. The molecule has 1 aliphatic heterocycles. The Labute approximate surface area is 103 Å². The lowest BCUT2D eigenvalue weighted by atomic mass is 10.1. The fraction of sp³-hybridized carbons (Fsp3) is 0.917. The summed E-state index contributed by atoms with van der Waals surface area (Å²) in [5.74, 6) is 0.339. The van der Waals surface area contributed by atoms with Crippen LogP contribution < -0.4 is 5.73 Å². The predicted octanol–water partition coefficient (Wildman–Crippen LogP) is 1.16. The van der Waals surface area contributed by atoms with Gasteiger partial charge in [0.05, 0.1) is 12.7 Å².